The molecule has 0 saturated carbocycles. The third-order valence-corrected chi connectivity index (χ3v) is 3.34. The quantitative estimate of drug-likeness (QED) is 0.539. The Morgan fingerprint density at radius 2 is 1.00 bits per heavy atom. The average molecular weight is 408 g/mol. The van der Waals surface area contributed by atoms with Crippen molar-refractivity contribution < 1.29 is 57.4 Å². The first-order chi connectivity index (χ1) is 11.3. The highest BCUT2D eigenvalue weighted by Gasteiger charge is 2.68. The molecule has 0 heterocycles. The molecule has 26 heavy (non-hydrogen) atoms. The predicted octanol–water partition coefficient (Wildman–Crippen LogP) is 6.23. The molecule has 0 aliphatic carbocycles. The number of hydrogen-bond acceptors (Lipinski definition) is 1. The lowest BCUT2D eigenvalue weighted by atomic mass is 9.90. The van der Waals surface area contributed by atoms with Gasteiger partial charge in [-0.3, -0.25) is 0 Å². The summed E-state index contributed by atoms with van der Waals surface area (Å²) in [6.07, 6.45) is -22.5. The van der Waals surface area contributed by atoms with Crippen LogP contribution in [0.15, 0.2) is 18.2 Å². The van der Waals surface area contributed by atoms with Crippen molar-refractivity contribution in [2.24, 2.45) is 5.41 Å². The molecule has 1 aromatic rings. The van der Waals surface area contributed by atoms with Crippen molar-refractivity contribution >= 4 is 0 Å². The number of halogens is 12. The lowest BCUT2D eigenvalue weighted by Crippen LogP contribution is -2.51. The minimum absolute atomic E-state index is 0.123. The van der Waals surface area contributed by atoms with Gasteiger partial charge in [0.05, 0.1) is 11.1 Å². The second kappa shape index (κ2) is 6.41. The Balaban J connectivity index is 3.32. The molecule has 13 heteroatoms. The maximum absolute atomic E-state index is 12.7. The van der Waals surface area contributed by atoms with Crippen LogP contribution in [0.1, 0.15) is 18.1 Å². The highest BCUT2D eigenvalue weighted by molar-refractivity contribution is 5.37. The first kappa shape index (κ1) is 22.2. The Labute approximate surface area is 137 Å². The molecule has 0 aliphatic heterocycles. The summed E-state index contributed by atoms with van der Waals surface area (Å²) in [6, 6.07) is -0.593. The minimum atomic E-state index is -5.92. The number of alkyl halides is 12. The first-order valence-corrected chi connectivity index (χ1v) is 6.35. The monoisotopic (exact) mass is 408 g/mol. The summed E-state index contributed by atoms with van der Waals surface area (Å²) in [5, 5.41) is 0. The zero-order valence-electron chi connectivity index (χ0n) is 12.4. The van der Waals surface area contributed by atoms with Gasteiger partial charge in [0.15, 0.2) is 5.41 Å². The summed E-state index contributed by atoms with van der Waals surface area (Å²) in [4.78, 5) is 0. The fraction of sp³-hybridized carbons (Fsp3) is 0.538. The Bertz CT molecular complexity index is 588. The topological polar surface area (TPSA) is 9.23 Å². The zero-order valence-corrected chi connectivity index (χ0v) is 12.4. The largest absolute Gasteiger partial charge is 0.492 e. The normalized spacial score (nSPS) is 14.5. The number of rotatable bonds is 3. The van der Waals surface area contributed by atoms with Gasteiger partial charge in [0.2, 0.25) is 0 Å². The van der Waals surface area contributed by atoms with Crippen LogP contribution in [0.25, 0.3) is 0 Å². The van der Waals surface area contributed by atoms with E-state index in [0.717, 1.165) is 0 Å². The van der Waals surface area contributed by atoms with Crippen molar-refractivity contribution in [1.82, 2.24) is 0 Å². The van der Waals surface area contributed by atoms with E-state index in [0.29, 0.717) is 0 Å². The highest BCUT2D eigenvalue weighted by atomic mass is 19.4. The van der Waals surface area contributed by atoms with Crippen LogP contribution in [0, 0.1) is 5.41 Å². The van der Waals surface area contributed by atoms with E-state index in [-0.39, 0.29) is 25.1 Å². The maximum Gasteiger partial charge on any atom is 0.416 e. The average Bonchev–Trinajstić information content (AvgIpc) is 2.40. The Morgan fingerprint density at radius 3 is 1.27 bits per heavy atom. The van der Waals surface area contributed by atoms with Crippen LogP contribution in [0.5, 0.6) is 5.75 Å². The first-order valence-electron chi connectivity index (χ1n) is 6.35. The second-order valence-electron chi connectivity index (χ2n) is 5.36. The molecular formula is C13H8F12O. The number of hydrogen-bond donors (Lipinski definition) is 0. The standard InChI is InChI=1S/C13H8F12O/c1-9(12(20,21)22,13(23,24)25)5-26-8-3-6(10(14,15)16)2-7(4-8)11(17,18)19/h2-4H,5H2,1H3. The van der Waals surface area contributed by atoms with E-state index in [2.05, 4.69) is 4.74 Å². The van der Waals surface area contributed by atoms with E-state index in [1.807, 2.05) is 0 Å². The van der Waals surface area contributed by atoms with Crippen LogP contribution in [0.2, 0.25) is 0 Å². The molecule has 0 radical (unpaired) electrons. The van der Waals surface area contributed by atoms with Gasteiger partial charge in [0, 0.05) is 0 Å². The van der Waals surface area contributed by atoms with Crippen molar-refractivity contribution in [2.45, 2.75) is 31.6 Å². The molecule has 0 aromatic heterocycles. The van der Waals surface area contributed by atoms with Crippen molar-refractivity contribution in [3.05, 3.63) is 29.3 Å². The smallest absolute Gasteiger partial charge is 0.416 e. The van der Waals surface area contributed by atoms with Crippen LogP contribution in [-0.4, -0.2) is 19.0 Å². The summed E-state index contributed by atoms with van der Waals surface area (Å²) in [5.41, 5.74) is -8.39. The van der Waals surface area contributed by atoms with Gasteiger partial charge in [-0.05, 0) is 25.1 Å². The molecule has 1 aromatic carbocycles. The number of ether oxygens (including phenoxy) is 1. The Morgan fingerprint density at radius 1 is 0.654 bits per heavy atom. The van der Waals surface area contributed by atoms with Crippen molar-refractivity contribution in [3.63, 3.8) is 0 Å². The van der Waals surface area contributed by atoms with Crippen LogP contribution in [-0.2, 0) is 12.4 Å². The molecule has 0 fully saturated rings. The molecule has 0 amide bonds. The fourth-order valence-electron chi connectivity index (χ4n) is 1.56. The molecule has 1 nitrogen and oxygen atoms in total. The van der Waals surface area contributed by atoms with Gasteiger partial charge in [0.25, 0.3) is 0 Å². The zero-order chi connectivity index (χ0) is 20.8. The summed E-state index contributed by atoms with van der Waals surface area (Å²) >= 11 is 0. The number of benzene rings is 1. The summed E-state index contributed by atoms with van der Waals surface area (Å²) in [6.45, 7) is -2.59. The van der Waals surface area contributed by atoms with Gasteiger partial charge in [-0.15, -0.1) is 0 Å². The van der Waals surface area contributed by atoms with Crippen LogP contribution in [0.3, 0.4) is 0 Å². The second-order valence-corrected chi connectivity index (χ2v) is 5.36. The third-order valence-electron chi connectivity index (χ3n) is 3.34. The van der Waals surface area contributed by atoms with E-state index < -0.39 is 53.6 Å². The molecule has 0 atom stereocenters. The fourth-order valence-corrected chi connectivity index (χ4v) is 1.56. The van der Waals surface area contributed by atoms with Gasteiger partial charge < -0.3 is 4.74 Å². The Hall–Kier alpha value is -1.82. The van der Waals surface area contributed by atoms with Crippen LogP contribution < -0.4 is 4.74 Å². The lowest BCUT2D eigenvalue weighted by molar-refractivity contribution is -0.340. The van der Waals surface area contributed by atoms with Crippen molar-refractivity contribution in [1.29, 1.82) is 0 Å². The van der Waals surface area contributed by atoms with Gasteiger partial charge >= 0.3 is 24.7 Å². The van der Waals surface area contributed by atoms with E-state index in [1.54, 1.807) is 0 Å². The van der Waals surface area contributed by atoms with E-state index >= 15 is 0 Å². The SMILES string of the molecule is CC(COc1cc(C(F)(F)F)cc(C(F)(F)F)c1)(C(F)(F)F)C(F)(F)F. The lowest BCUT2D eigenvalue weighted by Gasteiger charge is -2.33. The summed E-state index contributed by atoms with van der Waals surface area (Å²) in [5.74, 6) is -1.44. The van der Waals surface area contributed by atoms with Crippen molar-refractivity contribution in [3.8, 4) is 5.75 Å². The van der Waals surface area contributed by atoms with Gasteiger partial charge in [-0.25, -0.2) is 0 Å². The third kappa shape index (κ3) is 4.67. The molecule has 0 spiro atoms. The molecular weight excluding hydrogens is 400 g/mol. The van der Waals surface area contributed by atoms with E-state index in [1.165, 1.54) is 0 Å². The predicted molar refractivity (Wildman–Crippen MR) is 62.2 cm³/mol. The van der Waals surface area contributed by atoms with Gasteiger partial charge in [-0.1, -0.05) is 0 Å². The molecule has 0 unspecified atom stereocenters. The molecule has 0 saturated heterocycles. The van der Waals surface area contributed by atoms with Crippen LogP contribution >= 0.6 is 0 Å². The molecule has 150 valence electrons. The van der Waals surface area contributed by atoms with E-state index in [9.17, 15) is 52.7 Å². The maximum atomic E-state index is 12.7. The van der Waals surface area contributed by atoms with E-state index in [4.69, 9.17) is 0 Å². The molecule has 0 aliphatic rings. The molecule has 0 N–H and O–H groups in total. The minimum Gasteiger partial charge on any atom is -0.492 e. The summed E-state index contributed by atoms with van der Waals surface area (Å²) < 4.78 is 156. The van der Waals surface area contributed by atoms with Crippen LogP contribution in [0.4, 0.5) is 52.7 Å². The highest BCUT2D eigenvalue weighted by Crippen LogP contribution is 2.50. The molecule has 1 rings (SSSR count). The summed E-state index contributed by atoms with van der Waals surface area (Å²) in [7, 11) is 0. The van der Waals surface area contributed by atoms with Crippen molar-refractivity contribution in [2.75, 3.05) is 6.61 Å². The van der Waals surface area contributed by atoms with Gasteiger partial charge in [-0.2, -0.15) is 52.7 Å². The molecule has 0 bridgehead atoms. The van der Waals surface area contributed by atoms with Gasteiger partial charge in [0.1, 0.15) is 12.4 Å². The Kier molecular flexibility index (Phi) is 5.48.